The molecule has 0 aliphatic heterocycles. The van der Waals surface area contributed by atoms with Crippen molar-refractivity contribution in [1.82, 2.24) is 10.6 Å². The van der Waals surface area contributed by atoms with E-state index in [4.69, 9.17) is 9.47 Å². The van der Waals surface area contributed by atoms with E-state index in [1.165, 1.54) is 7.11 Å². The lowest BCUT2D eigenvalue weighted by molar-refractivity contribution is -0.147. The van der Waals surface area contributed by atoms with Crippen LogP contribution in [0, 0.1) is 0 Å². The van der Waals surface area contributed by atoms with Crippen LogP contribution >= 0.6 is 0 Å². The smallest absolute Gasteiger partial charge is 0.408 e. The standard InChI is InChI=1S/C13H26N2O4/c1-9(2)14-8-13(6,10(16)18-7)15-11(17)19-12(3,4)5/h9,14H,8H2,1-7H3,(H,15,17)/t13-/m1/s1. The molecular formula is C13H26N2O4. The van der Waals surface area contributed by atoms with Crippen molar-refractivity contribution in [2.45, 2.75) is 58.7 Å². The van der Waals surface area contributed by atoms with Crippen LogP contribution in [0.4, 0.5) is 4.79 Å². The van der Waals surface area contributed by atoms with Gasteiger partial charge in [0.1, 0.15) is 5.60 Å². The monoisotopic (exact) mass is 274 g/mol. The van der Waals surface area contributed by atoms with Crippen molar-refractivity contribution >= 4 is 12.1 Å². The molecule has 6 nitrogen and oxygen atoms in total. The van der Waals surface area contributed by atoms with Crippen molar-refractivity contribution in [3.8, 4) is 0 Å². The van der Waals surface area contributed by atoms with Crippen LogP contribution in [-0.2, 0) is 14.3 Å². The average molecular weight is 274 g/mol. The molecule has 0 radical (unpaired) electrons. The fraction of sp³-hybridized carbons (Fsp3) is 0.846. The molecule has 0 fully saturated rings. The lowest BCUT2D eigenvalue weighted by Gasteiger charge is -2.30. The van der Waals surface area contributed by atoms with Gasteiger partial charge in [0.2, 0.25) is 0 Å². The van der Waals surface area contributed by atoms with Gasteiger partial charge in [0, 0.05) is 12.6 Å². The van der Waals surface area contributed by atoms with Crippen LogP contribution in [0.15, 0.2) is 0 Å². The topological polar surface area (TPSA) is 76.7 Å². The van der Waals surface area contributed by atoms with Crippen molar-refractivity contribution in [3.05, 3.63) is 0 Å². The molecule has 0 saturated carbocycles. The van der Waals surface area contributed by atoms with Crippen LogP contribution in [0.5, 0.6) is 0 Å². The van der Waals surface area contributed by atoms with Crippen LogP contribution in [0.2, 0.25) is 0 Å². The van der Waals surface area contributed by atoms with Gasteiger partial charge in [-0.1, -0.05) is 13.8 Å². The summed E-state index contributed by atoms with van der Waals surface area (Å²) in [7, 11) is 1.28. The Morgan fingerprint density at radius 3 is 2.05 bits per heavy atom. The van der Waals surface area contributed by atoms with Crippen LogP contribution in [0.1, 0.15) is 41.5 Å². The highest BCUT2D eigenvalue weighted by molar-refractivity contribution is 5.85. The minimum Gasteiger partial charge on any atom is -0.467 e. The molecule has 0 aromatic heterocycles. The fourth-order valence-electron chi connectivity index (χ4n) is 1.33. The van der Waals surface area contributed by atoms with E-state index in [-0.39, 0.29) is 12.6 Å². The summed E-state index contributed by atoms with van der Waals surface area (Å²) in [5.41, 5.74) is -1.78. The molecule has 0 aromatic rings. The molecule has 0 aliphatic rings. The Hall–Kier alpha value is -1.30. The number of esters is 1. The molecule has 2 N–H and O–H groups in total. The van der Waals surface area contributed by atoms with Crippen LogP contribution in [0.3, 0.4) is 0 Å². The quantitative estimate of drug-likeness (QED) is 0.742. The maximum atomic E-state index is 11.8. The Morgan fingerprint density at radius 2 is 1.68 bits per heavy atom. The minimum atomic E-state index is -1.17. The second kappa shape index (κ2) is 6.75. The zero-order valence-corrected chi connectivity index (χ0v) is 12.9. The fourth-order valence-corrected chi connectivity index (χ4v) is 1.33. The van der Waals surface area contributed by atoms with Gasteiger partial charge in [-0.25, -0.2) is 9.59 Å². The number of alkyl carbamates (subject to hydrolysis) is 1. The van der Waals surface area contributed by atoms with E-state index in [0.29, 0.717) is 0 Å². The maximum Gasteiger partial charge on any atom is 0.408 e. The van der Waals surface area contributed by atoms with Gasteiger partial charge in [0.15, 0.2) is 5.54 Å². The first-order valence-electron chi connectivity index (χ1n) is 6.33. The van der Waals surface area contributed by atoms with Gasteiger partial charge in [0.25, 0.3) is 0 Å². The Balaban J connectivity index is 4.76. The molecule has 0 heterocycles. The number of rotatable bonds is 5. The van der Waals surface area contributed by atoms with Crippen molar-refractivity contribution in [2.75, 3.05) is 13.7 Å². The van der Waals surface area contributed by atoms with E-state index in [1.807, 2.05) is 13.8 Å². The molecule has 6 heteroatoms. The summed E-state index contributed by atoms with van der Waals surface area (Å²) in [6.45, 7) is 11.0. The van der Waals surface area contributed by atoms with Gasteiger partial charge in [-0.05, 0) is 27.7 Å². The number of hydrogen-bond acceptors (Lipinski definition) is 5. The van der Waals surface area contributed by atoms with Crippen LogP contribution in [-0.4, -0.2) is 42.9 Å². The second-order valence-electron chi connectivity index (χ2n) is 5.99. The summed E-state index contributed by atoms with van der Waals surface area (Å²) in [4.78, 5) is 23.6. The first-order chi connectivity index (χ1) is 8.50. The summed E-state index contributed by atoms with van der Waals surface area (Å²) >= 11 is 0. The Bertz CT molecular complexity index is 323. The molecular weight excluding hydrogens is 248 g/mol. The van der Waals surface area contributed by atoms with Crippen molar-refractivity contribution in [1.29, 1.82) is 0 Å². The average Bonchev–Trinajstić information content (AvgIpc) is 2.22. The number of hydrogen-bond donors (Lipinski definition) is 2. The Morgan fingerprint density at radius 1 is 1.16 bits per heavy atom. The first kappa shape index (κ1) is 17.7. The summed E-state index contributed by atoms with van der Waals surface area (Å²) in [6.07, 6.45) is -0.647. The van der Waals surface area contributed by atoms with E-state index >= 15 is 0 Å². The molecule has 0 unspecified atom stereocenters. The van der Waals surface area contributed by atoms with E-state index in [1.54, 1.807) is 27.7 Å². The van der Waals surface area contributed by atoms with Crippen LogP contribution < -0.4 is 10.6 Å². The van der Waals surface area contributed by atoms with E-state index in [0.717, 1.165) is 0 Å². The third-order valence-electron chi connectivity index (χ3n) is 2.28. The predicted octanol–water partition coefficient (Wildman–Crippen LogP) is 1.44. The molecule has 112 valence electrons. The minimum absolute atomic E-state index is 0.185. The van der Waals surface area contributed by atoms with Gasteiger partial charge >= 0.3 is 12.1 Å². The van der Waals surface area contributed by atoms with Crippen molar-refractivity contribution in [3.63, 3.8) is 0 Å². The summed E-state index contributed by atoms with van der Waals surface area (Å²) in [5.74, 6) is -0.522. The number of methoxy groups -OCH3 is 1. The molecule has 0 rings (SSSR count). The molecule has 0 aromatic carbocycles. The lowest BCUT2D eigenvalue weighted by atomic mass is 10.0. The predicted molar refractivity (Wildman–Crippen MR) is 72.9 cm³/mol. The number of carbonyl (C=O) groups excluding carboxylic acids is 2. The summed E-state index contributed by atoms with van der Waals surface area (Å²) in [6, 6.07) is 0.185. The van der Waals surface area contributed by atoms with Gasteiger partial charge in [-0.15, -0.1) is 0 Å². The van der Waals surface area contributed by atoms with E-state index in [2.05, 4.69) is 10.6 Å². The first-order valence-corrected chi connectivity index (χ1v) is 6.33. The van der Waals surface area contributed by atoms with Gasteiger partial charge in [-0.2, -0.15) is 0 Å². The lowest BCUT2D eigenvalue weighted by Crippen LogP contribution is -2.59. The van der Waals surface area contributed by atoms with Crippen molar-refractivity contribution in [2.24, 2.45) is 0 Å². The van der Waals surface area contributed by atoms with Gasteiger partial charge in [0.05, 0.1) is 7.11 Å². The Labute approximate surface area is 115 Å². The van der Waals surface area contributed by atoms with Crippen molar-refractivity contribution < 1.29 is 19.1 Å². The van der Waals surface area contributed by atoms with Gasteiger partial charge < -0.3 is 20.1 Å². The number of carbonyl (C=O) groups is 2. The second-order valence-corrected chi connectivity index (χ2v) is 5.99. The molecule has 1 amide bonds. The molecule has 0 bridgehead atoms. The molecule has 0 saturated heterocycles. The molecule has 0 aliphatic carbocycles. The summed E-state index contributed by atoms with van der Waals surface area (Å²) < 4.78 is 9.88. The molecule has 19 heavy (non-hydrogen) atoms. The SMILES string of the molecule is COC(=O)[C@@](C)(CNC(C)C)NC(=O)OC(C)(C)C. The van der Waals surface area contributed by atoms with Gasteiger partial charge in [-0.3, -0.25) is 0 Å². The highest BCUT2D eigenvalue weighted by Crippen LogP contribution is 2.11. The van der Waals surface area contributed by atoms with Crippen LogP contribution in [0.25, 0.3) is 0 Å². The summed E-state index contributed by atoms with van der Waals surface area (Å²) in [5, 5.41) is 5.66. The zero-order valence-electron chi connectivity index (χ0n) is 12.9. The largest absolute Gasteiger partial charge is 0.467 e. The molecule has 1 atom stereocenters. The number of nitrogens with one attached hydrogen (secondary N) is 2. The normalized spacial score (nSPS) is 14.7. The zero-order chi connectivity index (χ0) is 15.3. The third-order valence-corrected chi connectivity index (χ3v) is 2.28. The number of ether oxygens (including phenoxy) is 2. The highest BCUT2D eigenvalue weighted by Gasteiger charge is 2.37. The number of amides is 1. The third kappa shape index (κ3) is 7.00. The van der Waals surface area contributed by atoms with E-state index in [9.17, 15) is 9.59 Å². The maximum absolute atomic E-state index is 11.8. The van der Waals surface area contributed by atoms with E-state index < -0.39 is 23.2 Å². The highest BCUT2D eigenvalue weighted by atomic mass is 16.6. The Kier molecular flexibility index (Phi) is 6.29. The molecule has 0 spiro atoms.